The molecule has 0 bridgehead atoms. The van der Waals surface area contributed by atoms with Crippen LogP contribution in [0.1, 0.15) is 32.6 Å². The third kappa shape index (κ3) is 6.60. The Balaban J connectivity index is 1.42. The van der Waals surface area contributed by atoms with Gasteiger partial charge in [0.25, 0.3) is 0 Å². The van der Waals surface area contributed by atoms with Crippen molar-refractivity contribution in [2.45, 2.75) is 49.6 Å². The van der Waals surface area contributed by atoms with Gasteiger partial charge >= 0.3 is 0 Å². The molecule has 2 amide bonds. The first-order chi connectivity index (χ1) is 14.8. The number of hydrogen-bond acceptors (Lipinski definition) is 6. The number of nitrogens with one attached hydrogen (secondary N) is 1. The van der Waals surface area contributed by atoms with Crippen LogP contribution in [0.25, 0.3) is 0 Å². The Morgan fingerprint density at radius 3 is 2.29 bits per heavy atom. The van der Waals surface area contributed by atoms with E-state index in [1.165, 1.54) is 31.0 Å². The van der Waals surface area contributed by atoms with Gasteiger partial charge in [-0.25, -0.2) is 13.1 Å². The second-order valence-electron chi connectivity index (χ2n) is 7.90. The highest BCUT2D eigenvalue weighted by atomic mass is 32.2. The zero-order valence-corrected chi connectivity index (χ0v) is 19.7. The number of ether oxygens (including phenoxy) is 1. The first kappa shape index (κ1) is 23.9. The third-order valence-corrected chi connectivity index (χ3v) is 8.09. The van der Waals surface area contributed by atoms with Gasteiger partial charge in [-0.3, -0.25) is 9.59 Å². The Morgan fingerprint density at radius 2 is 1.74 bits per heavy atom. The molecule has 0 aromatic heterocycles. The molecule has 1 aliphatic carbocycles. The Kier molecular flexibility index (Phi) is 8.23. The van der Waals surface area contributed by atoms with Gasteiger partial charge in [0.15, 0.2) is 0 Å². The van der Waals surface area contributed by atoms with Crippen LogP contribution >= 0.6 is 11.8 Å². The first-order valence-corrected chi connectivity index (χ1v) is 13.2. The molecule has 2 aliphatic rings. The molecular weight excluding hydrogens is 438 g/mol. The Labute approximate surface area is 188 Å². The van der Waals surface area contributed by atoms with Crippen LogP contribution in [0.4, 0.5) is 0 Å². The quantitative estimate of drug-likeness (QED) is 0.524. The SMILES string of the molecule is COc1ccc(S(=O)(=O)NCCSCC(=O)N(C2CC2)C2CCN(C(C)=O)CC2)cc1. The number of rotatable bonds is 10. The maximum absolute atomic E-state index is 12.9. The summed E-state index contributed by atoms with van der Waals surface area (Å²) in [5.74, 6) is 1.67. The molecule has 2 fully saturated rings. The number of amides is 2. The average molecular weight is 470 g/mol. The molecule has 0 atom stereocenters. The summed E-state index contributed by atoms with van der Waals surface area (Å²) in [5.41, 5.74) is 0. The minimum absolute atomic E-state index is 0.0930. The standard InChI is InChI=1S/C21H31N3O5S2/c1-16(25)23-12-9-18(10-13-23)24(17-3-4-17)21(26)15-30-14-11-22-31(27,28)20-7-5-19(29-2)6-8-20/h5-8,17-18,22H,3-4,9-15H2,1-2H3. The number of hydrogen-bond donors (Lipinski definition) is 1. The van der Waals surface area contributed by atoms with E-state index in [2.05, 4.69) is 4.72 Å². The van der Waals surface area contributed by atoms with Crippen molar-refractivity contribution in [3.8, 4) is 5.75 Å². The molecule has 1 aliphatic heterocycles. The van der Waals surface area contributed by atoms with Crippen LogP contribution in [-0.2, 0) is 19.6 Å². The average Bonchev–Trinajstić information content (AvgIpc) is 3.59. The number of piperidine rings is 1. The van der Waals surface area contributed by atoms with E-state index in [-0.39, 0.29) is 29.3 Å². The van der Waals surface area contributed by atoms with Crippen molar-refractivity contribution in [1.29, 1.82) is 0 Å². The van der Waals surface area contributed by atoms with Gasteiger partial charge in [0.1, 0.15) is 5.75 Å². The van der Waals surface area contributed by atoms with Crippen LogP contribution in [0.2, 0.25) is 0 Å². The number of nitrogens with zero attached hydrogens (tertiary/aromatic N) is 2. The molecule has 1 N–H and O–H groups in total. The van der Waals surface area contributed by atoms with Gasteiger partial charge in [0.2, 0.25) is 21.8 Å². The Morgan fingerprint density at radius 1 is 1.13 bits per heavy atom. The zero-order valence-electron chi connectivity index (χ0n) is 18.1. The molecule has 1 saturated heterocycles. The van der Waals surface area contributed by atoms with Crippen molar-refractivity contribution in [1.82, 2.24) is 14.5 Å². The van der Waals surface area contributed by atoms with Gasteiger partial charge in [-0.2, -0.15) is 11.8 Å². The van der Waals surface area contributed by atoms with Gasteiger partial charge in [-0.15, -0.1) is 0 Å². The predicted molar refractivity (Wildman–Crippen MR) is 121 cm³/mol. The van der Waals surface area contributed by atoms with Crippen LogP contribution in [0, 0.1) is 0 Å². The van der Waals surface area contributed by atoms with E-state index < -0.39 is 10.0 Å². The molecule has 8 nitrogen and oxygen atoms in total. The van der Waals surface area contributed by atoms with Crippen LogP contribution in [0.5, 0.6) is 5.75 Å². The highest BCUT2D eigenvalue weighted by Crippen LogP contribution is 2.32. The van der Waals surface area contributed by atoms with Crippen molar-refractivity contribution in [3.05, 3.63) is 24.3 Å². The van der Waals surface area contributed by atoms with Gasteiger partial charge < -0.3 is 14.5 Å². The van der Waals surface area contributed by atoms with Crippen LogP contribution in [0.3, 0.4) is 0 Å². The number of carbonyl (C=O) groups is 2. The summed E-state index contributed by atoms with van der Waals surface area (Å²) in [4.78, 5) is 28.5. The molecule has 1 heterocycles. The van der Waals surface area contributed by atoms with Crippen LogP contribution in [-0.4, -0.2) is 80.4 Å². The summed E-state index contributed by atoms with van der Waals surface area (Å²) in [6.45, 7) is 3.25. The molecule has 10 heteroatoms. The van der Waals surface area contributed by atoms with Crippen LogP contribution in [0.15, 0.2) is 29.2 Å². The number of methoxy groups -OCH3 is 1. The molecule has 1 aromatic carbocycles. The number of likely N-dealkylation sites (tertiary alicyclic amines) is 1. The van der Waals surface area contributed by atoms with E-state index in [4.69, 9.17) is 4.74 Å². The van der Waals surface area contributed by atoms with Gasteiger partial charge in [0.05, 0.1) is 17.8 Å². The first-order valence-electron chi connectivity index (χ1n) is 10.6. The van der Waals surface area contributed by atoms with E-state index in [0.717, 1.165) is 25.7 Å². The molecule has 172 valence electrons. The molecule has 1 aromatic rings. The number of benzene rings is 1. The summed E-state index contributed by atoms with van der Waals surface area (Å²) >= 11 is 1.44. The van der Waals surface area contributed by atoms with Crippen molar-refractivity contribution < 1.29 is 22.7 Å². The summed E-state index contributed by atoms with van der Waals surface area (Å²) in [5, 5.41) is 0. The molecular formula is C21H31N3O5S2. The lowest BCUT2D eigenvalue weighted by molar-refractivity contribution is -0.134. The van der Waals surface area contributed by atoms with E-state index in [9.17, 15) is 18.0 Å². The summed E-state index contributed by atoms with van der Waals surface area (Å²) in [6, 6.07) is 6.75. The maximum atomic E-state index is 12.9. The van der Waals surface area contributed by atoms with Gasteiger partial charge in [0, 0.05) is 44.4 Å². The molecule has 3 rings (SSSR count). The Hall–Kier alpha value is -1.78. The minimum Gasteiger partial charge on any atom is -0.497 e. The molecule has 31 heavy (non-hydrogen) atoms. The fourth-order valence-corrected chi connectivity index (χ4v) is 5.71. The highest BCUT2D eigenvalue weighted by molar-refractivity contribution is 8.00. The number of thioether (sulfide) groups is 1. The fraction of sp³-hybridized carbons (Fsp3) is 0.619. The summed E-state index contributed by atoms with van der Waals surface area (Å²) in [7, 11) is -2.05. The highest BCUT2D eigenvalue weighted by Gasteiger charge is 2.38. The lowest BCUT2D eigenvalue weighted by Crippen LogP contribution is -2.49. The zero-order chi connectivity index (χ0) is 22.4. The smallest absolute Gasteiger partial charge is 0.240 e. The van der Waals surface area contributed by atoms with Gasteiger partial charge in [-0.05, 0) is 49.9 Å². The lowest BCUT2D eigenvalue weighted by Gasteiger charge is -2.38. The normalized spacial score (nSPS) is 17.4. The second kappa shape index (κ2) is 10.7. The molecule has 1 saturated carbocycles. The number of sulfonamides is 1. The van der Waals surface area contributed by atoms with E-state index in [0.29, 0.717) is 36.4 Å². The molecule has 0 radical (unpaired) electrons. The van der Waals surface area contributed by atoms with Crippen LogP contribution < -0.4 is 9.46 Å². The molecule has 0 unspecified atom stereocenters. The third-order valence-electron chi connectivity index (χ3n) is 5.67. The topological polar surface area (TPSA) is 96.0 Å². The van der Waals surface area contributed by atoms with Crippen molar-refractivity contribution >= 4 is 33.6 Å². The maximum Gasteiger partial charge on any atom is 0.240 e. The van der Waals surface area contributed by atoms with Crippen molar-refractivity contribution in [3.63, 3.8) is 0 Å². The minimum atomic E-state index is -3.58. The van der Waals surface area contributed by atoms with E-state index in [1.807, 2.05) is 9.80 Å². The summed E-state index contributed by atoms with van der Waals surface area (Å²) < 4.78 is 32.3. The monoisotopic (exact) mass is 469 g/mol. The van der Waals surface area contributed by atoms with Crippen molar-refractivity contribution in [2.24, 2.45) is 0 Å². The lowest BCUT2D eigenvalue weighted by atomic mass is 10.0. The fourth-order valence-electron chi connectivity index (χ4n) is 3.84. The largest absolute Gasteiger partial charge is 0.497 e. The van der Waals surface area contributed by atoms with Gasteiger partial charge in [-0.1, -0.05) is 0 Å². The molecule has 0 spiro atoms. The summed E-state index contributed by atoms with van der Waals surface area (Å²) in [6.07, 6.45) is 3.75. The van der Waals surface area contributed by atoms with E-state index >= 15 is 0 Å². The van der Waals surface area contributed by atoms with E-state index in [1.54, 1.807) is 19.1 Å². The Bertz CT molecular complexity index is 864. The second-order valence-corrected chi connectivity index (χ2v) is 10.8. The van der Waals surface area contributed by atoms with Crippen molar-refractivity contribution in [2.75, 3.05) is 38.2 Å². The number of carbonyl (C=O) groups excluding carboxylic acids is 2. The predicted octanol–water partition coefficient (Wildman–Crippen LogP) is 1.71.